The molecule has 0 aromatic heterocycles. The van der Waals surface area contributed by atoms with Gasteiger partial charge in [-0.15, -0.1) is 0 Å². The first kappa shape index (κ1) is 36.2. The standard InChI is InChI=1S/C20H25P.C14H14.C13H12/c1-5-7-11-17(6-2)18-12-10-13-19(16-18)20-14-8-9-15-21(20,3)4;1-2-12-8-10-14(11-9-12)13-6-4-3-5-7-13;1-11-7-9-13(10-8-11)12-5-3-2-4-6-12/h6-16H,5H2,1-4H3;3-11H,2H2,1H3;2-10H,1H3/b11-7-,17-6+;;. The van der Waals surface area contributed by atoms with E-state index in [9.17, 15) is 0 Å². The van der Waals surface area contributed by atoms with Crippen LogP contribution < -0.4 is 0 Å². The molecule has 6 rings (SSSR count). The lowest BCUT2D eigenvalue weighted by Crippen LogP contribution is -2.02. The molecule has 0 saturated carbocycles. The van der Waals surface area contributed by atoms with E-state index in [1.165, 1.54) is 55.4 Å². The van der Waals surface area contributed by atoms with Crippen LogP contribution in [0, 0.1) is 6.92 Å². The molecule has 48 heavy (non-hydrogen) atoms. The first-order valence-electron chi connectivity index (χ1n) is 17.1. The average molecular weight is 647 g/mol. The number of aryl methyl sites for hydroxylation is 2. The van der Waals surface area contributed by atoms with E-state index in [-0.39, 0.29) is 0 Å². The molecule has 0 amide bonds. The highest BCUT2D eigenvalue weighted by atomic mass is 31.2. The highest BCUT2D eigenvalue weighted by Crippen LogP contribution is 2.46. The lowest BCUT2D eigenvalue weighted by Gasteiger charge is -2.20. The molecule has 244 valence electrons. The van der Waals surface area contributed by atoms with Crippen molar-refractivity contribution in [2.45, 2.75) is 40.5 Å². The predicted molar refractivity (Wildman–Crippen MR) is 219 cm³/mol. The van der Waals surface area contributed by atoms with Gasteiger partial charge in [-0.1, -0.05) is 196 Å². The van der Waals surface area contributed by atoms with Gasteiger partial charge in [-0.3, -0.25) is 0 Å². The van der Waals surface area contributed by atoms with Gasteiger partial charge >= 0.3 is 0 Å². The van der Waals surface area contributed by atoms with Gasteiger partial charge in [0.1, 0.15) is 0 Å². The van der Waals surface area contributed by atoms with Crippen molar-refractivity contribution in [1.82, 2.24) is 0 Å². The molecule has 0 unspecified atom stereocenters. The van der Waals surface area contributed by atoms with E-state index in [0.29, 0.717) is 0 Å². The van der Waals surface area contributed by atoms with Gasteiger partial charge in [0, 0.05) is 0 Å². The van der Waals surface area contributed by atoms with Crippen molar-refractivity contribution in [1.29, 1.82) is 0 Å². The SMILES string of the molecule is C/C=C(\C=C/CC)c1cccc(C2=P(C)(C)C=CC=C2)c1.CCc1ccc(-c2ccccc2)cc1.Cc1ccc(-c2ccccc2)cc1. The molecule has 5 aromatic carbocycles. The Morgan fingerprint density at radius 2 is 1.15 bits per heavy atom. The predicted octanol–water partition coefficient (Wildman–Crippen LogP) is 13.5. The van der Waals surface area contributed by atoms with Crippen LogP contribution in [0.25, 0.3) is 27.8 Å². The molecule has 1 aliphatic rings. The van der Waals surface area contributed by atoms with Gasteiger partial charge < -0.3 is 0 Å². The summed E-state index contributed by atoms with van der Waals surface area (Å²) < 4.78 is 0. The normalized spacial score (nSPS) is 13.4. The zero-order chi connectivity index (χ0) is 34.2. The summed E-state index contributed by atoms with van der Waals surface area (Å²) in [7, 11) is 0. The van der Waals surface area contributed by atoms with E-state index in [0.717, 1.165) is 12.8 Å². The van der Waals surface area contributed by atoms with Crippen LogP contribution in [0.1, 0.15) is 49.4 Å². The van der Waals surface area contributed by atoms with E-state index < -0.39 is 6.89 Å². The van der Waals surface area contributed by atoms with Crippen molar-refractivity contribution >= 4 is 17.8 Å². The smallest absolute Gasteiger partial charge is 0.0174 e. The van der Waals surface area contributed by atoms with E-state index in [1.807, 2.05) is 12.1 Å². The van der Waals surface area contributed by atoms with Gasteiger partial charge in [-0.25, -0.2) is 0 Å². The van der Waals surface area contributed by atoms with Gasteiger partial charge in [0.15, 0.2) is 0 Å². The maximum absolute atomic E-state index is 2.38. The Bertz CT molecular complexity index is 1880. The van der Waals surface area contributed by atoms with Crippen molar-refractivity contribution in [2.75, 3.05) is 13.3 Å². The molecule has 0 fully saturated rings. The van der Waals surface area contributed by atoms with Gasteiger partial charge in [-0.05, 0) is 95.9 Å². The second kappa shape index (κ2) is 18.6. The third-order valence-corrected chi connectivity index (χ3v) is 11.0. The first-order chi connectivity index (χ1) is 23.3. The highest BCUT2D eigenvalue weighted by molar-refractivity contribution is 7.78. The summed E-state index contributed by atoms with van der Waals surface area (Å²) in [5.74, 6) is 2.38. The highest BCUT2D eigenvalue weighted by Gasteiger charge is 2.12. The number of hydrogen-bond acceptors (Lipinski definition) is 0. The molecular formula is C47H51P. The van der Waals surface area contributed by atoms with Gasteiger partial charge in [0.2, 0.25) is 0 Å². The van der Waals surface area contributed by atoms with Crippen LogP contribution in [-0.4, -0.2) is 18.6 Å². The minimum atomic E-state index is -1.14. The minimum Gasteiger partial charge on any atom is -0.0842 e. The second-order valence-electron chi connectivity index (χ2n) is 12.4. The van der Waals surface area contributed by atoms with E-state index in [2.05, 4.69) is 205 Å². The number of rotatable bonds is 7. The summed E-state index contributed by atoms with van der Waals surface area (Å²) in [6.45, 7) is 12.2. The zero-order valence-electron chi connectivity index (χ0n) is 29.6. The third kappa shape index (κ3) is 10.7. The molecule has 0 nitrogen and oxygen atoms in total. The molecular weight excluding hydrogens is 595 g/mol. The summed E-state index contributed by atoms with van der Waals surface area (Å²) >= 11 is 0. The summed E-state index contributed by atoms with van der Waals surface area (Å²) in [6.07, 6.45) is 15.4. The number of allylic oxidation sites excluding steroid dienone is 7. The summed E-state index contributed by atoms with van der Waals surface area (Å²) in [5, 5.41) is 1.49. The van der Waals surface area contributed by atoms with Crippen LogP contribution >= 0.6 is 6.89 Å². The fraction of sp³-hybridized carbons (Fsp3) is 0.170. The largest absolute Gasteiger partial charge is 0.0842 e. The zero-order valence-corrected chi connectivity index (χ0v) is 30.5. The van der Waals surface area contributed by atoms with E-state index in [1.54, 1.807) is 0 Å². The molecule has 1 heterocycles. The molecule has 0 bridgehead atoms. The Morgan fingerprint density at radius 3 is 1.67 bits per heavy atom. The maximum Gasteiger partial charge on any atom is -0.0174 e. The molecule has 1 heteroatoms. The Kier molecular flexibility index (Phi) is 14.1. The minimum absolute atomic E-state index is 1.07. The van der Waals surface area contributed by atoms with Crippen LogP contribution in [-0.2, 0) is 6.42 Å². The van der Waals surface area contributed by atoms with Gasteiger partial charge in [0.05, 0.1) is 0 Å². The fourth-order valence-corrected chi connectivity index (χ4v) is 7.48. The molecule has 0 radical (unpaired) electrons. The van der Waals surface area contributed by atoms with Crippen LogP contribution in [0.15, 0.2) is 176 Å². The van der Waals surface area contributed by atoms with Gasteiger partial charge in [-0.2, -0.15) is 0 Å². The van der Waals surface area contributed by atoms with Crippen molar-refractivity contribution in [3.8, 4) is 22.3 Å². The average Bonchev–Trinajstić information content (AvgIpc) is 3.13. The van der Waals surface area contributed by atoms with Crippen LogP contribution in [0.3, 0.4) is 0 Å². The van der Waals surface area contributed by atoms with E-state index in [4.69, 9.17) is 0 Å². The van der Waals surface area contributed by atoms with Crippen molar-refractivity contribution in [2.24, 2.45) is 0 Å². The maximum atomic E-state index is 2.38. The number of hydrogen-bond donors (Lipinski definition) is 0. The summed E-state index contributed by atoms with van der Waals surface area (Å²) in [5.41, 5.74) is 11.8. The summed E-state index contributed by atoms with van der Waals surface area (Å²) in [6, 6.07) is 47.2. The Balaban J connectivity index is 0.000000169. The first-order valence-corrected chi connectivity index (χ1v) is 19.9. The van der Waals surface area contributed by atoms with Crippen molar-refractivity contribution < 1.29 is 0 Å². The van der Waals surface area contributed by atoms with Crippen LogP contribution in [0.2, 0.25) is 0 Å². The topological polar surface area (TPSA) is 0 Å². The van der Waals surface area contributed by atoms with Crippen LogP contribution in [0.5, 0.6) is 0 Å². The van der Waals surface area contributed by atoms with Crippen LogP contribution in [0.4, 0.5) is 0 Å². The number of benzene rings is 5. The molecule has 0 N–H and O–H groups in total. The fourth-order valence-electron chi connectivity index (χ4n) is 5.52. The molecule has 0 spiro atoms. The molecule has 0 atom stereocenters. The van der Waals surface area contributed by atoms with Crippen molar-refractivity contribution in [3.05, 3.63) is 198 Å². The molecule has 1 aliphatic heterocycles. The lowest BCUT2D eigenvalue weighted by atomic mass is 10.0. The Morgan fingerprint density at radius 1 is 0.604 bits per heavy atom. The molecule has 5 aromatic rings. The van der Waals surface area contributed by atoms with Gasteiger partial charge in [0.25, 0.3) is 0 Å². The quantitative estimate of drug-likeness (QED) is 0.122. The Hall–Kier alpha value is -4.64. The Labute approximate surface area is 290 Å². The molecule has 0 saturated heterocycles. The van der Waals surface area contributed by atoms with E-state index >= 15 is 0 Å². The monoisotopic (exact) mass is 646 g/mol. The third-order valence-electron chi connectivity index (χ3n) is 8.41. The molecule has 0 aliphatic carbocycles. The van der Waals surface area contributed by atoms with Crippen molar-refractivity contribution in [3.63, 3.8) is 0 Å². The second-order valence-corrected chi connectivity index (χ2v) is 16.3. The summed E-state index contributed by atoms with van der Waals surface area (Å²) in [4.78, 5) is 0. The lowest BCUT2D eigenvalue weighted by molar-refractivity contribution is 1.14.